The van der Waals surface area contributed by atoms with E-state index < -0.39 is 0 Å². The van der Waals surface area contributed by atoms with E-state index in [2.05, 4.69) is 22.0 Å². The fourth-order valence-electron chi connectivity index (χ4n) is 2.11. The van der Waals surface area contributed by atoms with Crippen LogP contribution >= 0.6 is 11.3 Å². The molecule has 1 unspecified atom stereocenters. The van der Waals surface area contributed by atoms with Gasteiger partial charge in [-0.3, -0.25) is 0 Å². The predicted molar refractivity (Wildman–Crippen MR) is 59.2 cm³/mol. The number of nitrogens with zero attached hydrogens (tertiary/aromatic N) is 1. The molecule has 0 bridgehead atoms. The van der Waals surface area contributed by atoms with E-state index in [4.69, 9.17) is 5.21 Å². The number of thiophene rings is 1. The van der Waals surface area contributed by atoms with Crippen molar-refractivity contribution in [2.45, 2.75) is 32.1 Å². The second-order valence-electron chi connectivity index (χ2n) is 3.87. The van der Waals surface area contributed by atoms with E-state index in [-0.39, 0.29) is 0 Å². The van der Waals surface area contributed by atoms with Crippen LogP contribution < -0.4 is 0 Å². The maximum absolute atomic E-state index is 8.88. The van der Waals surface area contributed by atoms with Crippen molar-refractivity contribution in [2.75, 3.05) is 0 Å². The third-order valence-electron chi connectivity index (χ3n) is 2.90. The lowest BCUT2D eigenvalue weighted by molar-refractivity contribution is 0.308. The van der Waals surface area contributed by atoms with Crippen LogP contribution in [-0.4, -0.2) is 10.9 Å². The molecule has 1 atom stereocenters. The smallest absolute Gasteiger partial charge is 0.0604 e. The van der Waals surface area contributed by atoms with Crippen molar-refractivity contribution in [3.8, 4) is 0 Å². The first kappa shape index (κ1) is 9.71. The summed E-state index contributed by atoms with van der Waals surface area (Å²) in [5, 5.41) is 16.6. The second kappa shape index (κ2) is 4.60. The van der Waals surface area contributed by atoms with Gasteiger partial charge in [-0.1, -0.05) is 11.6 Å². The summed E-state index contributed by atoms with van der Waals surface area (Å²) in [6, 6.07) is 2.16. The monoisotopic (exact) mass is 209 g/mol. The van der Waals surface area contributed by atoms with E-state index in [1.54, 1.807) is 11.3 Å². The molecule has 2 nitrogen and oxygen atoms in total. The molecular formula is C11H15NOS. The Bertz CT molecular complexity index is 305. The first-order valence-corrected chi connectivity index (χ1v) is 6.06. The molecule has 3 heteroatoms. The van der Waals surface area contributed by atoms with Crippen LogP contribution in [-0.2, 0) is 6.42 Å². The Morgan fingerprint density at radius 3 is 3.14 bits per heavy atom. The molecule has 1 fully saturated rings. The molecular weight excluding hydrogens is 194 g/mol. The molecule has 0 saturated heterocycles. The lowest BCUT2D eigenvalue weighted by Crippen LogP contribution is -2.21. The highest BCUT2D eigenvalue weighted by atomic mass is 32.1. The largest absolute Gasteiger partial charge is 0.411 e. The summed E-state index contributed by atoms with van der Waals surface area (Å²) in [7, 11) is 0. The molecule has 1 N–H and O–H groups in total. The van der Waals surface area contributed by atoms with Crippen molar-refractivity contribution < 1.29 is 5.21 Å². The van der Waals surface area contributed by atoms with Crippen molar-refractivity contribution in [1.82, 2.24) is 0 Å². The summed E-state index contributed by atoms with van der Waals surface area (Å²) in [5.74, 6) is 0.475. The van der Waals surface area contributed by atoms with Gasteiger partial charge in [0.1, 0.15) is 0 Å². The van der Waals surface area contributed by atoms with E-state index >= 15 is 0 Å². The van der Waals surface area contributed by atoms with Crippen molar-refractivity contribution in [3.63, 3.8) is 0 Å². The van der Waals surface area contributed by atoms with Gasteiger partial charge in [-0.2, -0.15) is 11.3 Å². The Balaban J connectivity index is 2.02. The van der Waals surface area contributed by atoms with Crippen molar-refractivity contribution in [1.29, 1.82) is 0 Å². The summed E-state index contributed by atoms with van der Waals surface area (Å²) >= 11 is 1.73. The van der Waals surface area contributed by atoms with Crippen molar-refractivity contribution in [3.05, 3.63) is 22.4 Å². The fraction of sp³-hybridized carbons (Fsp3) is 0.545. The number of hydrogen-bond acceptors (Lipinski definition) is 3. The van der Waals surface area contributed by atoms with Crippen LogP contribution in [0.15, 0.2) is 22.0 Å². The van der Waals surface area contributed by atoms with E-state index in [9.17, 15) is 0 Å². The van der Waals surface area contributed by atoms with Crippen LogP contribution in [0.1, 0.15) is 31.2 Å². The lowest BCUT2D eigenvalue weighted by Gasteiger charge is -2.22. The zero-order valence-corrected chi connectivity index (χ0v) is 8.96. The standard InChI is InChI=1S/C11H15NOS/c13-12-11-4-2-1-3-10(11)7-9-5-6-14-8-9/h5-6,8,10,13H,1-4,7H2/b12-11+. The van der Waals surface area contributed by atoms with Gasteiger partial charge in [-0.15, -0.1) is 0 Å². The molecule has 14 heavy (non-hydrogen) atoms. The molecule has 1 aromatic heterocycles. The highest BCUT2D eigenvalue weighted by molar-refractivity contribution is 7.07. The number of rotatable bonds is 2. The van der Waals surface area contributed by atoms with Gasteiger partial charge in [0, 0.05) is 5.92 Å². The van der Waals surface area contributed by atoms with Crippen LogP contribution in [0.3, 0.4) is 0 Å². The molecule has 1 aliphatic carbocycles. The summed E-state index contributed by atoms with van der Waals surface area (Å²) in [6.45, 7) is 0. The molecule has 76 valence electrons. The Labute approximate surface area is 88.3 Å². The highest BCUT2D eigenvalue weighted by Crippen LogP contribution is 2.25. The lowest BCUT2D eigenvalue weighted by atomic mass is 9.84. The van der Waals surface area contributed by atoms with Gasteiger partial charge in [0.15, 0.2) is 0 Å². The molecule has 1 saturated carbocycles. The van der Waals surface area contributed by atoms with Crippen LogP contribution in [0.2, 0.25) is 0 Å². The van der Waals surface area contributed by atoms with Crippen molar-refractivity contribution >= 4 is 17.0 Å². The van der Waals surface area contributed by atoms with Gasteiger partial charge >= 0.3 is 0 Å². The Kier molecular flexibility index (Phi) is 3.19. The van der Waals surface area contributed by atoms with E-state index in [0.717, 1.165) is 18.6 Å². The predicted octanol–water partition coefficient (Wildman–Crippen LogP) is 3.31. The zero-order chi connectivity index (χ0) is 9.80. The maximum Gasteiger partial charge on any atom is 0.0604 e. The summed E-state index contributed by atoms with van der Waals surface area (Å²) < 4.78 is 0. The highest BCUT2D eigenvalue weighted by Gasteiger charge is 2.21. The quantitative estimate of drug-likeness (QED) is 0.588. The minimum Gasteiger partial charge on any atom is -0.411 e. The van der Waals surface area contributed by atoms with Crippen LogP contribution in [0.25, 0.3) is 0 Å². The van der Waals surface area contributed by atoms with Crippen LogP contribution in [0, 0.1) is 5.92 Å². The van der Waals surface area contributed by atoms with Crippen molar-refractivity contribution in [2.24, 2.45) is 11.1 Å². The number of oxime groups is 1. The third kappa shape index (κ3) is 2.15. The molecule has 1 aromatic rings. The van der Waals surface area contributed by atoms with Gasteiger partial charge in [-0.25, -0.2) is 0 Å². The topological polar surface area (TPSA) is 32.6 Å². The van der Waals surface area contributed by atoms with Gasteiger partial charge in [0.05, 0.1) is 5.71 Å². The van der Waals surface area contributed by atoms with Crippen LogP contribution in [0.4, 0.5) is 0 Å². The van der Waals surface area contributed by atoms with Gasteiger partial charge in [0.25, 0.3) is 0 Å². The van der Waals surface area contributed by atoms with E-state index in [1.165, 1.54) is 24.8 Å². The van der Waals surface area contributed by atoms with Crippen LogP contribution in [0.5, 0.6) is 0 Å². The average Bonchev–Trinajstić information content (AvgIpc) is 2.71. The molecule has 2 rings (SSSR count). The Morgan fingerprint density at radius 2 is 2.43 bits per heavy atom. The first-order valence-electron chi connectivity index (χ1n) is 5.12. The Morgan fingerprint density at radius 1 is 1.50 bits per heavy atom. The third-order valence-corrected chi connectivity index (χ3v) is 3.63. The van der Waals surface area contributed by atoms with E-state index in [1.807, 2.05) is 0 Å². The molecule has 0 radical (unpaired) electrons. The minimum absolute atomic E-state index is 0.475. The summed E-state index contributed by atoms with van der Waals surface area (Å²) in [5.41, 5.74) is 2.38. The maximum atomic E-state index is 8.88. The molecule has 1 aliphatic rings. The molecule has 0 amide bonds. The Hall–Kier alpha value is -0.830. The van der Waals surface area contributed by atoms with Gasteiger partial charge < -0.3 is 5.21 Å². The van der Waals surface area contributed by atoms with E-state index in [0.29, 0.717) is 5.92 Å². The van der Waals surface area contributed by atoms with Gasteiger partial charge in [0.2, 0.25) is 0 Å². The molecule has 0 aromatic carbocycles. The summed E-state index contributed by atoms with van der Waals surface area (Å²) in [4.78, 5) is 0. The minimum atomic E-state index is 0.475. The molecule has 1 heterocycles. The van der Waals surface area contributed by atoms with Gasteiger partial charge in [-0.05, 0) is 48.1 Å². The second-order valence-corrected chi connectivity index (χ2v) is 4.65. The first-order chi connectivity index (χ1) is 6.90. The normalized spacial score (nSPS) is 25.4. The SMILES string of the molecule is O/N=C1\CCCCC1Cc1ccsc1. The average molecular weight is 209 g/mol. The molecule has 0 spiro atoms. The summed E-state index contributed by atoms with van der Waals surface area (Å²) in [6.07, 6.45) is 5.65. The fourth-order valence-corrected chi connectivity index (χ4v) is 2.79. The number of hydrogen-bond donors (Lipinski definition) is 1. The zero-order valence-electron chi connectivity index (χ0n) is 8.15. The molecule has 0 aliphatic heterocycles.